The number of anilines is 1. The van der Waals surface area contributed by atoms with Crippen LogP contribution in [0.25, 0.3) is 11.5 Å². The summed E-state index contributed by atoms with van der Waals surface area (Å²) in [4.78, 5) is 4.26. The van der Waals surface area contributed by atoms with Gasteiger partial charge in [0.1, 0.15) is 0 Å². The Balaban J connectivity index is 1.66. The first-order valence-electron chi connectivity index (χ1n) is 6.32. The molecule has 0 saturated heterocycles. The van der Waals surface area contributed by atoms with E-state index in [0.717, 1.165) is 22.0 Å². The average Bonchev–Trinajstić information content (AvgIpc) is 3.09. The minimum absolute atomic E-state index is 0.521. The molecule has 1 aromatic carbocycles. The quantitative estimate of drug-likeness (QED) is 0.591. The molecule has 0 aliphatic heterocycles. The van der Waals surface area contributed by atoms with Crippen LogP contribution in [-0.2, 0) is 0 Å². The smallest absolute Gasteiger partial charge is 0.247 e. The highest BCUT2D eigenvalue weighted by atomic mass is 32.1. The Hall–Kier alpha value is -2.54. The van der Waals surface area contributed by atoms with Gasteiger partial charge in [0.2, 0.25) is 16.9 Å². The van der Waals surface area contributed by atoms with Crippen molar-refractivity contribution in [3.8, 4) is 11.5 Å². The van der Waals surface area contributed by atoms with Crippen LogP contribution < -0.4 is 5.43 Å². The number of hydrazone groups is 1. The maximum Gasteiger partial charge on any atom is 0.247 e. The first-order chi connectivity index (χ1) is 10.2. The molecule has 0 spiro atoms. The van der Waals surface area contributed by atoms with Crippen molar-refractivity contribution in [2.75, 3.05) is 5.43 Å². The van der Waals surface area contributed by atoms with Gasteiger partial charge in [-0.2, -0.15) is 5.10 Å². The summed E-state index contributed by atoms with van der Waals surface area (Å²) in [5.74, 6) is 1.07. The summed E-state index contributed by atoms with van der Waals surface area (Å²) in [6, 6.07) is 7.71. The lowest BCUT2D eigenvalue weighted by Crippen LogP contribution is -1.90. The van der Waals surface area contributed by atoms with Crippen molar-refractivity contribution < 1.29 is 4.42 Å². The second-order valence-corrected chi connectivity index (χ2v) is 5.27. The standard InChI is InChI=1S/C14H13N5OS/c1-9-8-21-14(16-9)19-15-7-11-3-5-12(6-4-11)13-18-17-10(2)20-13/h3-8H,1-2H3,(H,16,19). The molecule has 3 rings (SSSR count). The maximum absolute atomic E-state index is 5.38. The molecule has 0 amide bonds. The molecule has 0 radical (unpaired) electrons. The van der Waals surface area contributed by atoms with E-state index < -0.39 is 0 Å². The first-order valence-corrected chi connectivity index (χ1v) is 7.20. The number of aromatic nitrogens is 3. The van der Waals surface area contributed by atoms with Crippen molar-refractivity contribution in [2.45, 2.75) is 13.8 Å². The van der Waals surface area contributed by atoms with Gasteiger partial charge in [-0.3, -0.25) is 5.43 Å². The fraction of sp³-hybridized carbons (Fsp3) is 0.143. The molecule has 2 aromatic heterocycles. The highest BCUT2D eigenvalue weighted by Crippen LogP contribution is 2.18. The number of aryl methyl sites for hydroxylation is 2. The lowest BCUT2D eigenvalue weighted by Gasteiger charge is -1.97. The number of hydrogen-bond acceptors (Lipinski definition) is 7. The highest BCUT2D eigenvalue weighted by molar-refractivity contribution is 7.13. The van der Waals surface area contributed by atoms with Gasteiger partial charge in [0, 0.05) is 17.9 Å². The fourth-order valence-corrected chi connectivity index (χ4v) is 2.33. The van der Waals surface area contributed by atoms with Crippen LogP contribution in [0.4, 0.5) is 5.13 Å². The molecule has 6 nitrogen and oxygen atoms in total. The van der Waals surface area contributed by atoms with Gasteiger partial charge in [0.05, 0.1) is 11.9 Å². The van der Waals surface area contributed by atoms with Crippen molar-refractivity contribution in [3.05, 3.63) is 46.8 Å². The number of nitrogens with zero attached hydrogens (tertiary/aromatic N) is 4. The Morgan fingerprint density at radius 3 is 2.62 bits per heavy atom. The summed E-state index contributed by atoms with van der Waals surface area (Å²) in [6.07, 6.45) is 1.74. The first kappa shape index (κ1) is 13.4. The number of rotatable bonds is 4. The molecule has 106 valence electrons. The Kier molecular flexibility index (Phi) is 3.74. The van der Waals surface area contributed by atoms with Crippen molar-refractivity contribution >= 4 is 22.7 Å². The van der Waals surface area contributed by atoms with Crippen LogP contribution in [0.5, 0.6) is 0 Å². The Morgan fingerprint density at radius 2 is 2.00 bits per heavy atom. The third kappa shape index (κ3) is 3.32. The zero-order chi connectivity index (χ0) is 14.7. The topological polar surface area (TPSA) is 76.2 Å². The lowest BCUT2D eigenvalue weighted by molar-refractivity contribution is 0.533. The van der Waals surface area contributed by atoms with Gasteiger partial charge in [-0.25, -0.2) is 4.98 Å². The molecule has 0 aliphatic carbocycles. The second-order valence-electron chi connectivity index (χ2n) is 4.41. The molecule has 0 unspecified atom stereocenters. The fourth-order valence-electron chi connectivity index (χ4n) is 1.69. The molecule has 21 heavy (non-hydrogen) atoms. The number of thiazole rings is 1. The van der Waals surface area contributed by atoms with Crippen molar-refractivity contribution in [1.82, 2.24) is 15.2 Å². The van der Waals surface area contributed by atoms with Crippen LogP contribution in [-0.4, -0.2) is 21.4 Å². The molecule has 0 bridgehead atoms. The molecule has 0 aliphatic rings. The number of hydrogen-bond donors (Lipinski definition) is 1. The van der Waals surface area contributed by atoms with Crippen LogP contribution in [0.1, 0.15) is 17.1 Å². The predicted octanol–water partition coefficient (Wildman–Crippen LogP) is 3.26. The summed E-state index contributed by atoms with van der Waals surface area (Å²) in [7, 11) is 0. The van der Waals surface area contributed by atoms with Crippen LogP contribution in [0.15, 0.2) is 39.2 Å². The van der Waals surface area contributed by atoms with Crippen molar-refractivity contribution in [1.29, 1.82) is 0 Å². The molecule has 3 aromatic rings. The predicted molar refractivity (Wildman–Crippen MR) is 82.5 cm³/mol. The van der Waals surface area contributed by atoms with Crippen molar-refractivity contribution in [2.24, 2.45) is 5.10 Å². The van der Waals surface area contributed by atoms with Gasteiger partial charge in [0.25, 0.3) is 0 Å². The van der Waals surface area contributed by atoms with Crippen LogP contribution in [0.3, 0.4) is 0 Å². The zero-order valence-corrected chi connectivity index (χ0v) is 12.4. The Morgan fingerprint density at radius 1 is 1.19 bits per heavy atom. The minimum atomic E-state index is 0.521. The molecular weight excluding hydrogens is 286 g/mol. The monoisotopic (exact) mass is 299 g/mol. The van der Waals surface area contributed by atoms with Crippen molar-refractivity contribution in [3.63, 3.8) is 0 Å². The van der Waals surface area contributed by atoms with Gasteiger partial charge in [-0.15, -0.1) is 21.5 Å². The largest absolute Gasteiger partial charge is 0.421 e. The zero-order valence-electron chi connectivity index (χ0n) is 11.6. The third-order valence-corrected chi connectivity index (χ3v) is 3.54. The SMILES string of the molecule is Cc1csc(NN=Cc2ccc(-c3nnc(C)o3)cc2)n1. The Labute approximate surface area is 125 Å². The highest BCUT2D eigenvalue weighted by Gasteiger charge is 2.04. The summed E-state index contributed by atoms with van der Waals surface area (Å²) in [6.45, 7) is 3.72. The summed E-state index contributed by atoms with van der Waals surface area (Å²) in [5.41, 5.74) is 5.74. The second kappa shape index (κ2) is 5.84. The average molecular weight is 299 g/mol. The van der Waals surface area contributed by atoms with Gasteiger partial charge in [-0.1, -0.05) is 12.1 Å². The van der Waals surface area contributed by atoms with E-state index in [-0.39, 0.29) is 0 Å². The van der Waals surface area contributed by atoms with Crippen LogP contribution in [0.2, 0.25) is 0 Å². The minimum Gasteiger partial charge on any atom is -0.421 e. The van der Waals surface area contributed by atoms with Gasteiger partial charge < -0.3 is 4.42 Å². The normalized spacial score (nSPS) is 11.1. The summed E-state index contributed by atoms with van der Waals surface area (Å²) in [5, 5.41) is 14.7. The van der Waals surface area contributed by atoms with Gasteiger partial charge in [-0.05, 0) is 24.6 Å². The molecule has 0 fully saturated rings. The van der Waals surface area contributed by atoms with E-state index in [9.17, 15) is 0 Å². The third-order valence-electron chi connectivity index (χ3n) is 2.68. The van der Waals surface area contributed by atoms with E-state index in [1.165, 1.54) is 11.3 Å². The molecule has 7 heteroatoms. The van der Waals surface area contributed by atoms with E-state index in [1.807, 2.05) is 36.6 Å². The molecule has 2 heterocycles. The summed E-state index contributed by atoms with van der Waals surface area (Å²) >= 11 is 1.52. The van der Waals surface area contributed by atoms with E-state index in [4.69, 9.17) is 4.42 Å². The molecular formula is C14H13N5OS. The van der Waals surface area contributed by atoms with E-state index in [0.29, 0.717) is 11.8 Å². The van der Waals surface area contributed by atoms with E-state index in [1.54, 1.807) is 13.1 Å². The van der Waals surface area contributed by atoms with Crippen LogP contribution in [0, 0.1) is 13.8 Å². The molecule has 1 N–H and O–H groups in total. The lowest BCUT2D eigenvalue weighted by atomic mass is 10.1. The number of benzene rings is 1. The molecule has 0 saturated carbocycles. The van der Waals surface area contributed by atoms with E-state index in [2.05, 4.69) is 25.7 Å². The Bertz CT molecular complexity index is 760. The number of nitrogens with one attached hydrogen (secondary N) is 1. The van der Waals surface area contributed by atoms with Crippen LogP contribution >= 0.6 is 11.3 Å². The van der Waals surface area contributed by atoms with E-state index >= 15 is 0 Å². The van der Waals surface area contributed by atoms with Gasteiger partial charge in [0.15, 0.2) is 0 Å². The molecule has 0 atom stereocenters. The summed E-state index contributed by atoms with van der Waals surface area (Å²) < 4.78 is 5.38. The maximum atomic E-state index is 5.38. The van der Waals surface area contributed by atoms with Gasteiger partial charge >= 0.3 is 0 Å².